The summed E-state index contributed by atoms with van der Waals surface area (Å²) in [7, 11) is -3.79. The molecule has 1 unspecified atom stereocenters. The van der Waals surface area contributed by atoms with Crippen LogP contribution in [0.15, 0.2) is 71.6 Å². The first-order chi connectivity index (χ1) is 14.6. The Bertz CT molecular complexity index is 1110. The molecule has 0 bridgehead atoms. The van der Waals surface area contributed by atoms with Crippen molar-refractivity contribution in [1.29, 1.82) is 0 Å². The summed E-state index contributed by atoms with van der Waals surface area (Å²) in [5.74, 6) is 0.701. The fourth-order valence-electron chi connectivity index (χ4n) is 3.51. The van der Waals surface area contributed by atoms with Crippen LogP contribution in [0.4, 0.5) is 0 Å². The summed E-state index contributed by atoms with van der Waals surface area (Å²) < 4.78 is 33.9. The molecule has 0 aliphatic heterocycles. The maximum atomic E-state index is 12.9. The molecule has 0 radical (unpaired) electrons. The highest BCUT2D eigenvalue weighted by Gasteiger charge is 2.27. The average Bonchev–Trinajstić information content (AvgIpc) is 2.75. The maximum Gasteiger partial charge on any atom is 0.240 e. The lowest BCUT2D eigenvalue weighted by Gasteiger charge is -2.25. The van der Waals surface area contributed by atoms with Gasteiger partial charge in [0.1, 0.15) is 11.4 Å². The Morgan fingerprint density at radius 2 is 1.48 bits per heavy atom. The van der Waals surface area contributed by atoms with Crippen LogP contribution in [-0.4, -0.2) is 26.7 Å². The quantitative estimate of drug-likeness (QED) is 0.540. The van der Waals surface area contributed by atoms with E-state index in [1.807, 2.05) is 75.4 Å². The van der Waals surface area contributed by atoms with E-state index in [1.54, 1.807) is 19.1 Å². The monoisotopic (exact) mass is 439 g/mol. The average molecular weight is 440 g/mol. The van der Waals surface area contributed by atoms with Gasteiger partial charge in [0.05, 0.1) is 11.5 Å². The van der Waals surface area contributed by atoms with Gasteiger partial charge in [0.25, 0.3) is 0 Å². The van der Waals surface area contributed by atoms with E-state index < -0.39 is 15.6 Å². The summed E-state index contributed by atoms with van der Waals surface area (Å²) in [5, 5.41) is 10.9. The first kappa shape index (κ1) is 23.0. The van der Waals surface area contributed by atoms with E-state index >= 15 is 0 Å². The summed E-state index contributed by atoms with van der Waals surface area (Å²) in [6.45, 7) is 7.49. The third-order valence-electron chi connectivity index (χ3n) is 5.25. The fraction of sp³-hybridized carbons (Fsp3) is 0.280. The number of hydrogen-bond acceptors (Lipinski definition) is 4. The van der Waals surface area contributed by atoms with E-state index in [-0.39, 0.29) is 11.4 Å². The van der Waals surface area contributed by atoms with Gasteiger partial charge >= 0.3 is 0 Å². The molecule has 31 heavy (non-hydrogen) atoms. The Labute approximate surface area is 184 Å². The predicted molar refractivity (Wildman–Crippen MR) is 124 cm³/mol. The summed E-state index contributed by atoms with van der Waals surface area (Å²) in [5.41, 5.74) is 2.89. The molecule has 3 aromatic carbocycles. The van der Waals surface area contributed by atoms with E-state index in [9.17, 15) is 13.5 Å². The van der Waals surface area contributed by atoms with Crippen molar-refractivity contribution in [1.82, 2.24) is 4.72 Å². The highest BCUT2D eigenvalue weighted by Crippen LogP contribution is 2.28. The minimum atomic E-state index is -3.79. The summed E-state index contributed by atoms with van der Waals surface area (Å²) in [6.07, 6.45) is 0. The molecule has 164 valence electrons. The maximum absolute atomic E-state index is 12.9. The fourth-order valence-corrected chi connectivity index (χ4v) is 4.81. The minimum absolute atomic E-state index is 0.147. The Morgan fingerprint density at radius 3 is 2.03 bits per heavy atom. The number of nitrogens with one attached hydrogen (secondary N) is 1. The van der Waals surface area contributed by atoms with Gasteiger partial charge < -0.3 is 9.84 Å². The lowest BCUT2D eigenvalue weighted by atomic mass is 9.94. The molecular formula is C25H29NO4S. The molecule has 0 saturated heterocycles. The van der Waals surface area contributed by atoms with E-state index in [0.717, 1.165) is 22.3 Å². The zero-order valence-corrected chi connectivity index (χ0v) is 19.2. The SMILES string of the molecule is CCOc1c(C)cc(S(=O)(=O)NCC(C)(O)c2ccc(-c3ccccc3)cc2)cc1C. The van der Waals surface area contributed by atoms with Gasteiger partial charge in [-0.3, -0.25) is 0 Å². The van der Waals surface area contributed by atoms with Crippen LogP contribution in [0.25, 0.3) is 11.1 Å². The van der Waals surface area contributed by atoms with Crippen LogP contribution >= 0.6 is 0 Å². The van der Waals surface area contributed by atoms with Crippen LogP contribution in [0, 0.1) is 13.8 Å². The van der Waals surface area contributed by atoms with Gasteiger partial charge in [-0.25, -0.2) is 13.1 Å². The van der Waals surface area contributed by atoms with Crippen molar-refractivity contribution < 1.29 is 18.3 Å². The van der Waals surface area contributed by atoms with Crippen molar-refractivity contribution in [2.75, 3.05) is 13.2 Å². The van der Waals surface area contributed by atoms with E-state index in [2.05, 4.69) is 4.72 Å². The van der Waals surface area contributed by atoms with Crippen molar-refractivity contribution in [3.05, 3.63) is 83.4 Å². The number of rotatable bonds is 8. The molecule has 5 nitrogen and oxygen atoms in total. The zero-order chi connectivity index (χ0) is 22.6. The standard InChI is InChI=1S/C25H29NO4S/c1-5-30-24-18(2)15-23(16-19(24)3)31(28,29)26-17-25(4,27)22-13-11-21(12-14-22)20-9-7-6-8-10-20/h6-16,26-27H,5,17H2,1-4H3. The van der Waals surface area contributed by atoms with Gasteiger partial charge in [-0.05, 0) is 67.6 Å². The molecule has 0 amide bonds. The molecule has 1 atom stereocenters. The summed E-state index contributed by atoms with van der Waals surface area (Å²) in [4.78, 5) is 0.154. The molecular weight excluding hydrogens is 410 g/mol. The second kappa shape index (κ2) is 9.22. The Kier molecular flexibility index (Phi) is 6.84. The number of aliphatic hydroxyl groups is 1. The first-order valence-electron chi connectivity index (χ1n) is 10.3. The Hall–Kier alpha value is -2.67. The third-order valence-corrected chi connectivity index (χ3v) is 6.63. The molecule has 0 aromatic heterocycles. The van der Waals surface area contributed by atoms with Gasteiger partial charge in [-0.2, -0.15) is 0 Å². The molecule has 3 rings (SSSR count). The molecule has 0 fully saturated rings. The normalized spacial score (nSPS) is 13.6. The van der Waals surface area contributed by atoms with Crippen molar-refractivity contribution in [2.24, 2.45) is 0 Å². The third kappa shape index (κ3) is 5.34. The number of aryl methyl sites for hydroxylation is 2. The van der Waals surface area contributed by atoms with Crippen molar-refractivity contribution in [3.63, 3.8) is 0 Å². The summed E-state index contributed by atoms with van der Waals surface area (Å²) in [6, 6.07) is 20.6. The number of benzene rings is 3. The Balaban J connectivity index is 1.76. The molecule has 2 N–H and O–H groups in total. The number of ether oxygens (including phenoxy) is 1. The molecule has 0 spiro atoms. The molecule has 0 saturated carbocycles. The van der Waals surface area contributed by atoms with Crippen LogP contribution in [0.2, 0.25) is 0 Å². The molecule has 6 heteroatoms. The molecule has 0 aliphatic rings. The topological polar surface area (TPSA) is 75.6 Å². The van der Waals surface area contributed by atoms with E-state index in [0.29, 0.717) is 17.9 Å². The van der Waals surface area contributed by atoms with E-state index in [1.165, 1.54) is 0 Å². The number of hydrogen-bond donors (Lipinski definition) is 2. The van der Waals surface area contributed by atoms with Crippen LogP contribution in [0.3, 0.4) is 0 Å². The van der Waals surface area contributed by atoms with Crippen LogP contribution in [0.5, 0.6) is 5.75 Å². The van der Waals surface area contributed by atoms with Crippen molar-refractivity contribution in [2.45, 2.75) is 38.2 Å². The van der Waals surface area contributed by atoms with Crippen LogP contribution < -0.4 is 9.46 Å². The van der Waals surface area contributed by atoms with E-state index in [4.69, 9.17) is 4.74 Å². The highest BCUT2D eigenvalue weighted by atomic mass is 32.2. The lowest BCUT2D eigenvalue weighted by molar-refractivity contribution is 0.0627. The second-order valence-corrected chi connectivity index (χ2v) is 9.63. The van der Waals surface area contributed by atoms with Crippen molar-refractivity contribution in [3.8, 4) is 16.9 Å². The smallest absolute Gasteiger partial charge is 0.240 e. The molecule has 0 heterocycles. The minimum Gasteiger partial charge on any atom is -0.493 e. The molecule has 0 aliphatic carbocycles. The van der Waals surface area contributed by atoms with Crippen molar-refractivity contribution >= 4 is 10.0 Å². The van der Waals surface area contributed by atoms with Gasteiger partial charge in [0.15, 0.2) is 0 Å². The van der Waals surface area contributed by atoms with Gasteiger partial charge in [-0.1, -0.05) is 54.6 Å². The van der Waals surface area contributed by atoms with Crippen LogP contribution in [0.1, 0.15) is 30.5 Å². The highest BCUT2D eigenvalue weighted by molar-refractivity contribution is 7.89. The van der Waals surface area contributed by atoms with Gasteiger partial charge in [0.2, 0.25) is 10.0 Å². The number of sulfonamides is 1. The summed E-state index contributed by atoms with van der Waals surface area (Å²) >= 11 is 0. The first-order valence-corrected chi connectivity index (χ1v) is 11.7. The van der Waals surface area contributed by atoms with Gasteiger partial charge in [0, 0.05) is 6.54 Å². The predicted octanol–water partition coefficient (Wildman–Crippen LogP) is 4.56. The lowest BCUT2D eigenvalue weighted by Crippen LogP contribution is -2.38. The van der Waals surface area contributed by atoms with Crippen LogP contribution in [-0.2, 0) is 15.6 Å². The molecule has 3 aromatic rings. The van der Waals surface area contributed by atoms with Gasteiger partial charge in [-0.15, -0.1) is 0 Å². The Morgan fingerprint density at radius 1 is 0.935 bits per heavy atom. The largest absolute Gasteiger partial charge is 0.493 e. The zero-order valence-electron chi connectivity index (χ0n) is 18.3. The second-order valence-electron chi connectivity index (χ2n) is 7.86.